The summed E-state index contributed by atoms with van der Waals surface area (Å²) in [7, 11) is -0.835. The minimum Gasteiger partial charge on any atom is -0.497 e. The van der Waals surface area contributed by atoms with Gasteiger partial charge in [0.15, 0.2) is 0 Å². The Balaban J connectivity index is 1.92. The van der Waals surface area contributed by atoms with Crippen LogP contribution in [0.5, 0.6) is 11.5 Å². The molecule has 1 heterocycles. The molecule has 0 spiro atoms. The molecule has 3 rings (SSSR count). The Labute approximate surface area is 139 Å². The summed E-state index contributed by atoms with van der Waals surface area (Å²) in [4.78, 5) is 11.5. The Morgan fingerprint density at radius 1 is 1.04 bits per heavy atom. The fraction of sp³-hybridized carbons (Fsp3) is 0.188. The van der Waals surface area contributed by atoms with E-state index in [1.807, 2.05) is 0 Å². The number of benzene rings is 2. The number of carbonyl (C=O) groups excluding carboxylic acids is 1. The van der Waals surface area contributed by atoms with Crippen LogP contribution in [0.4, 0.5) is 11.4 Å². The highest BCUT2D eigenvalue weighted by Gasteiger charge is 2.22. The second kappa shape index (κ2) is 6.04. The van der Waals surface area contributed by atoms with Crippen LogP contribution in [0, 0.1) is 0 Å². The standard InChI is InChI=1S/C16H16N2O5S/c1-22-12-7-11(8-13(9-12)23-2)18-24(20,21)14-3-4-15-10(5-14)6-16(19)17-15/h3-5,7-9,18H,6H2,1-2H3,(H,17,19). The van der Waals surface area contributed by atoms with Crippen molar-refractivity contribution in [3.63, 3.8) is 0 Å². The van der Waals surface area contributed by atoms with Gasteiger partial charge < -0.3 is 14.8 Å². The zero-order valence-electron chi connectivity index (χ0n) is 13.1. The van der Waals surface area contributed by atoms with Crippen molar-refractivity contribution in [2.24, 2.45) is 0 Å². The molecule has 2 aromatic carbocycles. The van der Waals surface area contributed by atoms with E-state index in [1.54, 1.807) is 24.3 Å². The summed E-state index contributed by atoms with van der Waals surface area (Å²) in [5.41, 5.74) is 1.62. The maximum Gasteiger partial charge on any atom is 0.261 e. The first-order valence-corrected chi connectivity index (χ1v) is 8.58. The second-order valence-electron chi connectivity index (χ2n) is 5.25. The van der Waals surface area contributed by atoms with Crippen molar-refractivity contribution in [1.82, 2.24) is 0 Å². The SMILES string of the molecule is COc1cc(NS(=O)(=O)c2ccc3c(c2)CC(=O)N3)cc(OC)c1. The second-order valence-corrected chi connectivity index (χ2v) is 6.93. The first-order valence-electron chi connectivity index (χ1n) is 7.10. The summed E-state index contributed by atoms with van der Waals surface area (Å²) < 4.78 is 37.9. The first-order chi connectivity index (χ1) is 11.4. The number of hydrogen-bond acceptors (Lipinski definition) is 5. The Morgan fingerprint density at radius 3 is 2.33 bits per heavy atom. The van der Waals surface area contributed by atoms with Gasteiger partial charge in [0.25, 0.3) is 10.0 Å². The highest BCUT2D eigenvalue weighted by molar-refractivity contribution is 7.92. The summed E-state index contributed by atoms with van der Waals surface area (Å²) in [5.74, 6) is 0.789. The van der Waals surface area contributed by atoms with E-state index in [9.17, 15) is 13.2 Å². The van der Waals surface area contributed by atoms with Gasteiger partial charge >= 0.3 is 0 Å². The van der Waals surface area contributed by atoms with Gasteiger partial charge in [-0.1, -0.05) is 0 Å². The van der Waals surface area contributed by atoms with Gasteiger partial charge in [0, 0.05) is 23.9 Å². The molecule has 7 nitrogen and oxygen atoms in total. The molecule has 8 heteroatoms. The number of anilines is 2. The molecule has 1 amide bonds. The third-order valence-electron chi connectivity index (χ3n) is 3.62. The Hall–Kier alpha value is -2.74. The van der Waals surface area contributed by atoms with E-state index >= 15 is 0 Å². The van der Waals surface area contributed by atoms with Gasteiger partial charge in [0.05, 0.1) is 31.2 Å². The van der Waals surface area contributed by atoms with Crippen LogP contribution >= 0.6 is 0 Å². The van der Waals surface area contributed by atoms with Gasteiger partial charge in [-0.05, 0) is 23.8 Å². The Kier molecular flexibility index (Phi) is 4.06. The molecule has 0 bridgehead atoms. The fourth-order valence-corrected chi connectivity index (χ4v) is 3.54. The molecule has 0 atom stereocenters. The smallest absolute Gasteiger partial charge is 0.261 e. The van der Waals surface area contributed by atoms with Crippen LogP contribution in [-0.4, -0.2) is 28.5 Å². The van der Waals surface area contributed by atoms with Crippen molar-refractivity contribution in [2.75, 3.05) is 24.3 Å². The lowest BCUT2D eigenvalue weighted by atomic mass is 10.2. The Morgan fingerprint density at radius 2 is 1.71 bits per heavy atom. The molecule has 0 radical (unpaired) electrons. The molecule has 1 aliphatic rings. The molecular formula is C16H16N2O5S. The molecule has 0 unspecified atom stereocenters. The van der Waals surface area contributed by atoms with E-state index in [0.717, 1.165) is 0 Å². The van der Waals surface area contributed by atoms with Crippen LogP contribution in [0.2, 0.25) is 0 Å². The number of fused-ring (bicyclic) bond motifs is 1. The van der Waals surface area contributed by atoms with Gasteiger partial charge in [0.2, 0.25) is 5.91 Å². The van der Waals surface area contributed by atoms with Crippen molar-refractivity contribution < 1.29 is 22.7 Å². The third kappa shape index (κ3) is 3.13. The van der Waals surface area contributed by atoms with Gasteiger partial charge in [-0.3, -0.25) is 9.52 Å². The van der Waals surface area contributed by atoms with E-state index in [1.165, 1.54) is 26.4 Å². The summed E-state index contributed by atoms with van der Waals surface area (Å²) in [6, 6.07) is 9.28. The van der Waals surface area contributed by atoms with E-state index in [4.69, 9.17) is 9.47 Å². The minimum atomic E-state index is -3.80. The quantitative estimate of drug-likeness (QED) is 0.862. The van der Waals surface area contributed by atoms with Crippen molar-refractivity contribution >= 4 is 27.3 Å². The van der Waals surface area contributed by atoms with E-state index in [0.29, 0.717) is 28.4 Å². The number of amides is 1. The molecule has 0 saturated heterocycles. The molecule has 126 valence electrons. The van der Waals surface area contributed by atoms with Gasteiger partial charge in [-0.25, -0.2) is 8.42 Å². The molecule has 1 aliphatic heterocycles. The number of nitrogens with one attached hydrogen (secondary N) is 2. The molecule has 0 aromatic heterocycles. The van der Waals surface area contributed by atoms with Crippen LogP contribution in [-0.2, 0) is 21.2 Å². The number of carbonyl (C=O) groups is 1. The third-order valence-corrected chi connectivity index (χ3v) is 4.99. The van der Waals surface area contributed by atoms with Crippen LogP contribution < -0.4 is 19.5 Å². The van der Waals surface area contributed by atoms with Crippen LogP contribution in [0.15, 0.2) is 41.3 Å². The predicted molar refractivity (Wildman–Crippen MR) is 89.1 cm³/mol. The molecular weight excluding hydrogens is 332 g/mol. The van der Waals surface area contributed by atoms with E-state index in [-0.39, 0.29) is 17.2 Å². The van der Waals surface area contributed by atoms with Crippen molar-refractivity contribution in [2.45, 2.75) is 11.3 Å². The molecule has 24 heavy (non-hydrogen) atoms. The number of rotatable bonds is 5. The molecule has 2 N–H and O–H groups in total. The van der Waals surface area contributed by atoms with Crippen molar-refractivity contribution in [1.29, 1.82) is 0 Å². The summed E-state index contributed by atoms with van der Waals surface area (Å²) in [6.07, 6.45) is 0.172. The maximum absolute atomic E-state index is 12.6. The monoisotopic (exact) mass is 348 g/mol. The van der Waals surface area contributed by atoms with E-state index < -0.39 is 10.0 Å². The van der Waals surface area contributed by atoms with Crippen LogP contribution in [0.1, 0.15) is 5.56 Å². The summed E-state index contributed by atoms with van der Waals surface area (Å²) >= 11 is 0. The van der Waals surface area contributed by atoms with Gasteiger partial charge in [0.1, 0.15) is 11.5 Å². The lowest BCUT2D eigenvalue weighted by Gasteiger charge is -2.12. The highest BCUT2D eigenvalue weighted by atomic mass is 32.2. The van der Waals surface area contributed by atoms with Gasteiger partial charge in [-0.2, -0.15) is 0 Å². The van der Waals surface area contributed by atoms with E-state index in [2.05, 4.69) is 10.0 Å². The van der Waals surface area contributed by atoms with Crippen LogP contribution in [0.25, 0.3) is 0 Å². The fourth-order valence-electron chi connectivity index (χ4n) is 2.45. The number of sulfonamides is 1. The van der Waals surface area contributed by atoms with Crippen molar-refractivity contribution in [3.8, 4) is 11.5 Å². The van der Waals surface area contributed by atoms with Crippen molar-refractivity contribution in [3.05, 3.63) is 42.0 Å². The predicted octanol–water partition coefficient (Wildman–Crippen LogP) is 2.00. The zero-order valence-corrected chi connectivity index (χ0v) is 13.9. The van der Waals surface area contributed by atoms with Crippen LogP contribution in [0.3, 0.4) is 0 Å². The number of ether oxygens (including phenoxy) is 2. The number of hydrogen-bond donors (Lipinski definition) is 2. The molecule has 0 saturated carbocycles. The average molecular weight is 348 g/mol. The number of methoxy groups -OCH3 is 2. The molecule has 2 aromatic rings. The topological polar surface area (TPSA) is 93.7 Å². The minimum absolute atomic E-state index is 0.0829. The Bertz CT molecular complexity index is 886. The zero-order chi connectivity index (χ0) is 17.3. The first kappa shape index (κ1) is 16.1. The normalized spacial score (nSPS) is 13.2. The molecule has 0 fully saturated rings. The highest BCUT2D eigenvalue weighted by Crippen LogP contribution is 2.29. The lowest BCUT2D eigenvalue weighted by molar-refractivity contribution is -0.115. The largest absolute Gasteiger partial charge is 0.497 e. The average Bonchev–Trinajstić information content (AvgIpc) is 2.93. The summed E-state index contributed by atoms with van der Waals surface area (Å²) in [6.45, 7) is 0. The molecule has 0 aliphatic carbocycles. The van der Waals surface area contributed by atoms with Gasteiger partial charge in [-0.15, -0.1) is 0 Å². The summed E-state index contributed by atoms with van der Waals surface area (Å²) in [5, 5.41) is 2.67. The maximum atomic E-state index is 12.6. The lowest BCUT2D eigenvalue weighted by Crippen LogP contribution is -2.13.